The van der Waals surface area contributed by atoms with Crippen molar-refractivity contribution in [2.24, 2.45) is 5.92 Å². The largest absolute Gasteiger partial charge is 0.494 e. The van der Waals surface area contributed by atoms with E-state index in [1.165, 1.54) is 6.54 Å². The Bertz CT molecular complexity index is 507. The molecule has 5 nitrogen and oxygen atoms in total. The van der Waals surface area contributed by atoms with Gasteiger partial charge in [-0.1, -0.05) is 13.8 Å². The lowest BCUT2D eigenvalue weighted by Gasteiger charge is -2.31. The van der Waals surface area contributed by atoms with Gasteiger partial charge in [-0.25, -0.2) is 0 Å². The first kappa shape index (κ1) is 19.0. The molecule has 3 N–H and O–H groups in total. The van der Waals surface area contributed by atoms with Gasteiger partial charge >= 0.3 is 0 Å². The number of ether oxygens (including phenoxy) is 2. The minimum absolute atomic E-state index is 0.215. The van der Waals surface area contributed by atoms with E-state index in [9.17, 15) is 0 Å². The zero-order valence-electron chi connectivity index (χ0n) is 14.9. The molecule has 24 heavy (non-hydrogen) atoms. The second-order valence-corrected chi connectivity index (χ2v) is 7.00. The van der Waals surface area contributed by atoms with E-state index in [4.69, 9.17) is 21.7 Å². The van der Waals surface area contributed by atoms with Crippen LogP contribution >= 0.6 is 12.2 Å². The Hall–Kier alpha value is -1.37. The molecule has 1 aromatic rings. The van der Waals surface area contributed by atoms with Crippen LogP contribution < -0.4 is 20.3 Å². The number of thiocarbonyl (C=S) groups is 1. The number of morpholine rings is 1. The van der Waals surface area contributed by atoms with Crippen molar-refractivity contribution in [2.75, 3.05) is 44.7 Å². The Morgan fingerprint density at radius 1 is 1.38 bits per heavy atom. The van der Waals surface area contributed by atoms with E-state index in [0.29, 0.717) is 17.6 Å². The second-order valence-electron chi connectivity index (χ2n) is 6.59. The minimum atomic E-state index is 0.215. The van der Waals surface area contributed by atoms with Gasteiger partial charge in [-0.3, -0.25) is 0 Å². The van der Waals surface area contributed by atoms with Crippen LogP contribution in [0.2, 0.25) is 0 Å². The number of nitrogens with one attached hydrogen (secondary N) is 3. The fourth-order valence-corrected chi connectivity index (χ4v) is 3.13. The molecular formula is C18H30N3O2S+. The Morgan fingerprint density at radius 3 is 2.79 bits per heavy atom. The molecule has 1 saturated heterocycles. The second kappa shape index (κ2) is 9.81. The summed E-state index contributed by atoms with van der Waals surface area (Å²) >= 11 is 5.37. The summed E-state index contributed by atoms with van der Waals surface area (Å²) in [5.74, 6) is 1.58. The van der Waals surface area contributed by atoms with Gasteiger partial charge < -0.3 is 25.0 Å². The van der Waals surface area contributed by atoms with Crippen LogP contribution in [0.4, 0.5) is 5.69 Å². The Balaban J connectivity index is 1.72. The monoisotopic (exact) mass is 352 g/mol. The first-order chi connectivity index (χ1) is 11.6. The van der Waals surface area contributed by atoms with E-state index >= 15 is 0 Å². The molecule has 6 heteroatoms. The summed E-state index contributed by atoms with van der Waals surface area (Å²) in [5.41, 5.74) is 0.951. The summed E-state index contributed by atoms with van der Waals surface area (Å²) in [5, 5.41) is 7.09. The van der Waals surface area contributed by atoms with E-state index in [0.717, 1.165) is 37.7 Å². The quantitative estimate of drug-likeness (QED) is 0.646. The SMILES string of the molecule is CCOc1ccc(NC(=S)NC[C@@H]2C[NH+](CC(C)C)CCO2)cc1. The molecule has 1 aromatic carbocycles. The van der Waals surface area contributed by atoms with Crippen molar-refractivity contribution >= 4 is 23.0 Å². The van der Waals surface area contributed by atoms with E-state index in [1.54, 1.807) is 4.90 Å². The summed E-state index contributed by atoms with van der Waals surface area (Å²) in [4.78, 5) is 1.62. The van der Waals surface area contributed by atoms with Gasteiger partial charge in [-0.15, -0.1) is 0 Å². The average Bonchev–Trinajstić information content (AvgIpc) is 2.55. The lowest BCUT2D eigenvalue weighted by Crippen LogP contribution is -3.15. The van der Waals surface area contributed by atoms with Crippen molar-refractivity contribution in [2.45, 2.75) is 26.9 Å². The van der Waals surface area contributed by atoms with E-state index in [2.05, 4.69) is 24.5 Å². The van der Waals surface area contributed by atoms with Gasteiger partial charge in [-0.05, 0) is 43.4 Å². The highest BCUT2D eigenvalue weighted by atomic mass is 32.1. The summed E-state index contributed by atoms with van der Waals surface area (Å²) < 4.78 is 11.3. The molecule has 1 heterocycles. The van der Waals surface area contributed by atoms with Gasteiger partial charge in [0.2, 0.25) is 0 Å². The average molecular weight is 353 g/mol. The molecule has 0 bridgehead atoms. The van der Waals surface area contributed by atoms with Crippen LogP contribution in [0.3, 0.4) is 0 Å². The highest BCUT2D eigenvalue weighted by Crippen LogP contribution is 2.15. The summed E-state index contributed by atoms with van der Waals surface area (Å²) in [6.45, 7) is 12.1. The molecule has 0 saturated carbocycles. The number of hydrogen-bond acceptors (Lipinski definition) is 3. The van der Waals surface area contributed by atoms with Crippen LogP contribution in [-0.2, 0) is 4.74 Å². The van der Waals surface area contributed by atoms with Gasteiger partial charge in [0.05, 0.1) is 19.8 Å². The molecular weight excluding hydrogens is 322 g/mol. The van der Waals surface area contributed by atoms with Crippen molar-refractivity contribution < 1.29 is 14.4 Å². The molecule has 1 aliphatic rings. The first-order valence-electron chi connectivity index (χ1n) is 8.79. The van der Waals surface area contributed by atoms with Crippen molar-refractivity contribution in [3.63, 3.8) is 0 Å². The van der Waals surface area contributed by atoms with Crippen molar-refractivity contribution in [3.8, 4) is 5.75 Å². The number of benzene rings is 1. The minimum Gasteiger partial charge on any atom is -0.494 e. The molecule has 0 aliphatic carbocycles. The number of quaternary nitrogens is 1. The summed E-state index contributed by atoms with van der Waals surface area (Å²) in [6.07, 6.45) is 0.215. The Morgan fingerprint density at radius 2 is 2.12 bits per heavy atom. The van der Waals surface area contributed by atoms with Crippen molar-refractivity contribution in [1.29, 1.82) is 0 Å². The van der Waals surface area contributed by atoms with Crippen LogP contribution in [0.1, 0.15) is 20.8 Å². The third-order valence-corrected chi connectivity index (χ3v) is 4.18. The van der Waals surface area contributed by atoms with Crippen LogP contribution in [0.25, 0.3) is 0 Å². The predicted molar refractivity (Wildman–Crippen MR) is 102 cm³/mol. The molecule has 2 atom stereocenters. The number of anilines is 1. The molecule has 0 radical (unpaired) electrons. The standard InChI is InChI=1S/C18H29N3O2S/c1-4-22-16-7-5-15(6-8-16)20-18(24)19-11-17-13-21(9-10-23-17)12-14(2)3/h5-8,14,17H,4,9-13H2,1-3H3,(H2,19,20,24)/p+1/t17-/m1/s1. The Labute approximate surface area is 150 Å². The number of hydrogen-bond donors (Lipinski definition) is 3. The maximum atomic E-state index is 5.85. The lowest BCUT2D eigenvalue weighted by molar-refractivity contribution is -0.914. The van der Waals surface area contributed by atoms with Gasteiger partial charge in [0.15, 0.2) is 5.11 Å². The third kappa shape index (κ3) is 6.63. The van der Waals surface area contributed by atoms with E-state index < -0.39 is 0 Å². The van der Waals surface area contributed by atoms with Crippen molar-refractivity contribution in [1.82, 2.24) is 5.32 Å². The molecule has 2 rings (SSSR count). The molecule has 0 aromatic heterocycles. The van der Waals surface area contributed by atoms with Gasteiger partial charge in [-0.2, -0.15) is 0 Å². The fourth-order valence-electron chi connectivity index (χ4n) is 2.93. The van der Waals surface area contributed by atoms with E-state index in [-0.39, 0.29) is 6.10 Å². The molecule has 1 fully saturated rings. The van der Waals surface area contributed by atoms with Crippen LogP contribution in [-0.4, -0.2) is 50.6 Å². The molecule has 0 amide bonds. The smallest absolute Gasteiger partial charge is 0.170 e. The zero-order chi connectivity index (χ0) is 17.4. The highest BCUT2D eigenvalue weighted by molar-refractivity contribution is 7.80. The zero-order valence-corrected chi connectivity index (χ0v) is 15.7. The molecule has 1 aliphatic heterocycles. The fraction of sp³-hybridized carbons (Fsp3) is 0.611. The van der Waals surface area contributed by atoms with Crippen LogP contribution in [0.5, 0.6) is 5.75 Å². The molecule has 1 unspecified atom stereocenters. The van der Waals surface area contributed by atoms with Gasteiger partial charge in [0, 0.05) is 18.2 Å². The normalized spacial score (nSPS) is 20.7. The molecule has 134 valence electrons. The topological polar surface area (TPSA) is 47.0 Å². The molecule has 0 spiro atoms. The van der Waals surface area contributed by atoms with Crippen LogP contribution in [0.15, 0.2) is 24.3 Å². The summed E-state index contributed by atoms with van der Waals surface area (Å²) in [6, 6.07) is 7.80. The predicted octanol–water partition coefficient (Wildman–Crippen LogP) is 1.31. The summed E-state index contributed by atoms with van der Waals surface area (Å²) in [7, 11) is 0. The van der Waals surface area contributed by atoms with Gasteiger partial charge in [0.25, 0.3) is 0 Å². The van der Waals surface area contributed by atoms with Crippen molar-refractivity contribution in [3.05, 3.63) is 24.3 Å². The number of rotatable bonds is 7. The maximum absolute atomic E-state index is 5.85. The maximum Gasteiger partial charge on any atom is 0.170 e. The Kier molecular flexibility index (Phi) is 7.75. The first-order valence-corrected chi connectivity index (χ1v) is 9.20. The van der Waals surface area contributed by atoms with Crippen LogP contribution in [0, 0.1) is 5.92 Å². The lowest BCUT2D eigenvalue weighted by atomic mass is 10.2. The van der Waals surface area contributed by atoms with Gasteiger partial charge in [0.1, 0.15) is 24.9 Å². The highest BCUT2D eigenvalue weighted by Gasteiger charge is 2.24. The van der Waals surface area contributed by atoms with E-state index in [1.807, 2.05) is 31.2 Å². The third-order valence-electron chi connectivity index (χ3n) is 3.94.